The van der Waals surface area contributed by atoms with Crippen LogP contribution in [-0.2, 0) is 16.1 Å². The van der Waals surface area contributed by atoms with Crippen LogP contribution >= 0.6 is 54.5 Å². The Balaban J connectivity index is 1.57. The molecule has 36 heavy (non-hydrogen) atoms. The van der Waals surface area contributed by atoms with E-state index >= 15 is 0 Å². The maximum Gasteiger partial charge on any atom is 0.336 e. The molecule has 8 heteroatoms. The molecule has 0 amide bonds. The summed E-state index contributed by atoms with van der Waals surface area (Å²) >= 11 is 9.57. The zero-order chi connectivity index (χ0) is 25.6. The summed E-state index contributed by atoms with van der Waals surface area (Å²) in [4.78, 5) is 26.5. The number of ether oxygens (including phenoxy) is 2. The van der Waals surface area contributed by atoms with Crippen molar-refractivity contribution < 1.29 is 19.1 Å². The highest BCUT2D eigenvalue weighted by atomic mass is 127. The largest absolute Gasteiger partial charge is 0.487 e. The topological polar surface area (TPSA) is 64.6 Å². The Morgan fingerprint density at radius 2 is 1.67 bits per heavy atom. The zero-order valence-electron chi connectivity index (χ0n) is 19.3. The van der Waals surface area contributed by atoms with Crippen molar-refractivity contribution in [2.75, 3.05) is 7.11 Å². The van der Waals surface area contributed by atoms with Crippen molar-refractivity contribution in [2.45, 2.75) is 19.4 Å². The van der Waals surface area contributed by atoms with Gasteiger partial charge in [-0.2, -0.15) is 0 Å². The van der Waals surface area contributed by atoms with E-state index in [9.17, 15) is 9.59 Å². The van der Waals surface area contributed by atoms with Crippen LogP contribution in [0, 0.1) is 3.57 Å². The number of Topliss-reactive ketones (excluding diaryl/α,β-unsaturated/α-hetero) is 1. The van der Waals surface area contributed by atoms with Gasteiger partial charge in [-0.25, -0.2) is 4.79 Å². The van der Waals surface area contributed by atoms with E-state index in [2.05, 4.69) is 59.8 Å². The molecule has 0 fully saturated rings. The molecule has 5 nitrogen and oxygen atoms in total. The molecule has 1 heterocycles. The molecular weight excluding hydrogens is 701 g/mol. The minimum absolute atomic E-state index is 0.0988. The molecular formula is C28H20Br2INO4. The predicted molar refractivity (Wildman–Crippen MR) is 154 cm³/mol. The van der Waals surface area contributed by atoms with Gasteiger partial charge in [-0.05, 0) is 96.8 Å². The maximum atomic E-state index is 13.6. The second kappa shape index (κ2) is 10.1. The van der Waals surface area contributed by atoms with Gasteiger partial charge in [0, 0.05) is 31.9 Å². The predicted octanol–water partition coefficient (Wildman–Crippen LogP) is 7.14. The molecule has 0 bridgehead atoms. The summed E-state index contributed by atoms with van der Waals surface area (Å²) in [7, 11) is 1.35. The molecule has 3 aromatic rings. The second-order valence-electron chi connectivity index (χ2n) is 8.48. The molecule has 1 aliphatic heterocycles. The first-order valence-corrected chi connectivity index (χ1v) is 13.8. The Labute approximate surface area is 239 Å². The van der Waals surface area contributed by atoms with Crippen LogP contribution in [0.5, 0.6) is 5.75 Å². The molecule has 0 saturated carbocycles. The molecule has 1 N–H and O–H groups in total. The first kappa shape index (κ1) is 25.2. The van der Waals surface area contributed by atoms with Crippen LogP contribution in [0.2, 0.25) is 0 Å². The standard InChI is InChI=1S/C28H20Br2INO4/c1-14-22(28(34)35-2)23(24-25(32-14)18-5-3-4-6-19(18)26(24)33)16-11-20(29)27(21(30)12-16)36-13-15-7-9-17(31)10-8-15/h3-12,23,32H,13H2,1-2H3/t23-/m1/s1. The Morgan fingerprint density at radius 1 is 1.03 bits per heavy atom. The summed E-state index contributed by atoms with van der Waals surface area (Å²) < 4.78 is 13.8. The van der Waals surface area contributed by atoms with Crippen LogP contribution in [0.25, 0.3) is 5.70 Å². The summed E-state index contributed by atoms with van der Waals surface area (Å²) in [5.41, 5.74) is 5.60. The van der Waals surface area contributed by atoms with Crippen LogP contribution in [0.15, 0.2) is 86.5 Å². The lowest BCUT2D eigenvalue weighted by Gasteiger charge is -2.29. The number of esters is 1. The van der Waals surface area contributed by atoms with Gasteiger partial charge in [0.05, 0.1) is 27.3 Å². The number of fused-ring (bicyclic) bond motifs is 2. The Hall–Kier alpha value is -2.43. The molecule has 182 valence electrons. The van der Waals surface area contributed by atoms with Gasteiger partial charge in [0.1, 0.15) is 12.4 Å². The number of nitrogens with one attached hydrogen (secondary N) is 1. The van der Waals surface area contributed by atoms with Gasteiger partial charge in [-0.3, -0.25) is 4.79 Å². The summed E-state index contributed by atoms with van der Waals surface area (Å²) in [6.45, 7) is 2.23. The fourth-order valence-electron chi connectivity index (χ4n) is 4.66. The average molecular weight is 721 g/mol. The van der Waals surface area contributed by atoms with Crippen molar-refractivity contribution in [3.63, 3.8) is 0 Å². The number of methoxy groups -OCH3 is 1. The van der Waals surface area contributed by atoms with Crippen LogP contribution < -0.4 is 10.1 Å². The van der Waals surface area contributed by atoms with E-state index in [1.807, 2.05) is 67.6 Å². The number of hydrogen-bond acceptors (Lipinski definition) is 5. The van der Waals surface area contributed by atoms with Crippen molar-refractivity contribution in [1.29, 1.82) is 0 Å². The minimum atomic E-state index is -0.605. The van der Waals surface area contributed by atoms with Gasteiger partial charge in [-0.1, -0.05) is 36.4 Å². The number of rotatable bonds is 5. The SMILES string of the molecule is COC(=O)C1=C(C)NC2=C(C(=O)c3ccccc32)[C@@H]1c1cc(Br)c(OCc2ccc(I)cc2)c(Br)c1. The molecule has 0 radical (unpaired) electrons. The van der Waals surface area contributed by atoms with E-state index in [1.165, 1.54) is 7.11 Å². The fourth-order valence-corrected chi connectivity index (χ4v) is 6.47. The third-order valence-corrected chi connectivity index (χ3v) is 8.20. The Morgan fingerprint density at radius 3 is 2.31 bits per heavy atom. The first-order valence-electron chi connectivity index (χ1n) is 11.1. The lowest BCUT2D eigenvalue weighted by Crippen LogP contribution is -2.29. The number of halogens is 3. The molecule has 0 unspecified atom stereocenters. The third-order valence-electron chi connectivity index (χ3n) is 6.30. The zero-order valence-corrected chi connectivity index (χ0v) is 24.7. The van der Waals surface area contributed by atoms with Crippen molar-refractivity contribution in [3.8, 4) is 5.75 Å². The summed E-state index contributed by atoms with van der Waals surface area (Å²) in [5.74, 6) is -0.543. The molecule has 0 spiro atoms. The van der Waals surface area contributed by atoms with E-state index in [4.69, 9.17) is 9.47 Å². The summed E-state index contributed by atoms with van der Waals surface area (Å²) in [5, 5.41) is 3.30. The van der Waals surface area contributed by atoms with Crippen LogP contribution in [0.1, 0.15) is 39.9 Å². The number of carbonyl (C=O) groups excluding carboxylic acids is 2. The number of dihydropyridines is 1. The monoisotopic (exact) mass is 719 g/mol. The normalized spacial score (nSPS) is 16.5. The van der Waals surface area contributed by atoms with E-state index in [1.54, 1.807) is 0 Å². The van der Waals surface area contributed by atoms with Gasteiger partial charge in [0.25, 0.3) is 0 Å². The lowest BCUT2D eigenvalue weighted by atomic mass is 9.80. The van der Waals surface area contributed by atoms with Gasteiger partial charge in [-0.15, -0.1) is 0 Å². The molecule has 1 atom stereocenters. The Kier molecular flexibility index (Phi) is 7.11. The van der Waals surface area contributed by atoms with Gasteiger partial charge >= 0.3 is 5.97 Å². The van der Waals surface area contributed by atoms with E-state index < -0.39 is 11.9 Å². The number of hydrogen-bond donors (Lipinski definition) is 1. The first-order chi connectivity index (χ1) is 17.3. The average Bonchev–Trinajstić information content (AvgIpc) is 3.14. The van der Waals surface area contributed by atoms with Gasteiger partial charge in [0.15, 0.2) is 5.78 Å². The molecule has 0 aromatic heterocycles. The number of ketones is 1. The van der Waals surface area contributed by atoms with Crippen molar-refractivity contribution in [3.05, 3.63) is 112 Å². The number of benzene rings is 3. The quantitative estimate of drug-likeness (QED) is 0.225. The van der Waals surface area contributed by atoms with Crippen molar-refractivity contribution in [1.82, 2.24) is 5.32 Å². The number of carbonyl (C=O) groups is 2. The van der Waals surface area contributed by atoms with E-state index in [0.29, 0.717) is 43.7 Å². The van der Waals surface area contributed by atoms with E-state index in [0.717, 1.165) is 26.0 Å². The lowest BCUT2D eigenvalue weighted by molar-refractivity contribution is -0.136. The molecule has 2 aliphatic rings. The summed E-state index contributed by atoms with van der Waals surface area (Å²) in [6.07, 6.45) is 0. The highest BCUT2D eigenvalue weighted by Crippen LogP contribution is 2.48. The highest BCUT2D eigenvalue weighted by Gasteiger charge is 2.43. The van der Waals surface area contributed by atoms with Crippen LogP contribution in [0.4, 0.5) is 0 Å². The van der Waals surface area contributed by atoms with Crippen molar-refractivity contribution >= 4 is 71.9 Å². The van der Waals surface area contributed by atoms with Crippen molar-refractivity contribution in [2.24, 2.45) is 0 Å². The van der Waals surface area contributed by atoms with Gasteiger partial charge < -0.3 is 14.8 Å². The summed E-state index contributed by atoms with van der Waals surface area (Å²) in [6, 6.07) is 19.4. The van der Waals surface area contributed by atoms with Crippen LogP contribution in [0.3, 0.4) is 0 Å². The maximum absolute atomic E-state index is 13.6. The number of allylic oxidation sites excluding steroid dienone is 2. The fraction of sp³-hybridized carbons (Fsp3) is 0.143. The minimum Gasteiger partial charge on any atom is -0.487 e. The van der Waals surface area contributed by atoms with E-state index in [-0.39, 0.29) is 5.78 Å². The van der Waals surface area contributed by atoms with Gasteiger partial charge in [0.2, 0.25) is 0 Å². The second-order valence-corrected chi connectivity index (χ2v) is 11.4. The molecule has 1 aliphatic carbocycles. The Bertz CT molecular complexity index is 1450. The van der Waals surface area contributed by atoms with Crippen LogP contribution in [-0.4, -0.2) is 18.9 Å². The molecule has 5 rings (SSSR count). The highest BCUT2D eigenvalue weighted by molar-refractivity contribution is 14.1. The third kappa shape index (κ3) is 4.43. The molecule has 0 saturated heterocycles. The smallest absolute Gasteiger partial charge is 0.336 e. The molecule has 3 aromatic carbocycles.